The molecule has 0 unspecified atom stereocenters. The lowest BCUT2D eigenvalue weighted by molar-refractivity contribution is 0.0982. The Labute approximate surface area is 154 Å². The number of benzene rings is 1. The SMILES string of the molecule is Cc1ccc(Cn2nc(C)c3cc(C(=O)NC4=NCCS4)sc32)cc1. The minimum Gasteiger partial charge on any atom is -0.301 e. The quantitative estimate of drug-likeness (QED) is 0.766. The molecule has 1 N–H and O–H groups in total. The van der Waals surface area contributed by atoms with Gasteiger partial charge in [0.1, 0.15) is 4.83 Å². The van der Waals surface area contributed by atoms with Crippen LogP contribution in [0, 0.1) is 13.8 Å². The number of amidine groups is 1. The number of carbonyl (C=O) groups is 1. The van der Waals surface area contributed by atoms with E-state index < -0.39 is 0 Å². The van der Waals surface area contributed by atoms with Gasteiger partial charge in [-0.15, -0.1) is 11.3 Å². The number of fused-ring (bicyclic) bond motifs is 1. The molecule has 2 aromatic heterocycles. The van der Waals surface area contributed by atoms with E-state index in [9.17, 15) is 4.79 Å². The van der Waals surface area contributed by atoms with E-state index in [1.807, 2.05) is 17.7 Å². The highest BCUT2D eigenvalue weighted by Crippen LogP contribution is 2.29. The van der Waals surface area contributed by atoms with Crippen molar-refractivity contribution in [3.05, 3.63) is 52.0 Å². The van der Waals surface area contributed by atoms with Gasteiger partial charge in [0, 0.05) is 11.1 Å². The monoisotopic (exact) mass is 370 g/mol. The number of thiophene rings is 1. The lowest BCUT2D eigenvalue weighted by Gasteiger charge is -2.04. The molecule has 0 fully saturated rings. The van der Waals surface area contributed by atoms with Crippen LogP contribution in [0.1, 0.15) is 26.5 Å². The van der Waals surface area contributed by atoms with Gasteiger partial charge in [0.15, 0.2) is 5.17 Å². The van der Waals surface area contributed by atoms with Gasteiger partial charge < -0.3 is 5.32 Å². The number of thioether (sulfide) groups is 1. The molecule has 7 heteroatoms. The molecule has 0 spiro atoms. The van der Waals surface area contributed by atoms with E-state index in [-0.39, 0.29) is 5.91 Å². The highest BCUT2D eigenvalue weighted by atomic mass is 32.2. The zero-order valence-electron chi connectivity index (χ0n) is 14.1. The van der Waals surface area contributed by atoms with Crippen molar-refractivity contribution in [2.45, 2.75) is 20.4 Å². The smallest absolute Gasteiger partial charge is 0.267 e. The van der Waals surface area contributed by atoms with Gasteiger partial charge in [0.05, 0.1) is 23.7 Å². The number of hydrogen-bond acceptors (Lipinski definition) is 5. The van der Waals surface area contributed by atoms with Crippen LogP contribution in [0.3, 0.4) is 0 Å². The van der Waals surface area contributed by atoms with Gasteiger partial charge >= 0.3 is 0 Å². The number of aromatic nitrogens is 2. The summed E-state index contributed by atoms with van der Waals surface area (Å²) in [5, 5.41) is 9.30. The molecule has 4 rings (SSSR count). The van der Waals surface area contributed by atoms with Crippen LogP contribution in [0.5, 0.6) is 0 Å². The molecule has 25 heavy (non-hydrogen) atoms. The van der Waals surface area contributed by atoms with E-state index in [0.717, 1.165) is 33.4 Å². The molecule has 1 aromatic carbocycles. The number of nitrogens with one attached hydrogen (secondary N) is 1. The van der Waals surface area contributed by atoms with Crippen LogP contribution in [0.2, 0.25) is 0 Å². The molecule has 5 nitrogen and oxygen atoms in total. The second-order valence-electron chi connectivity index (χ2n) is 6.05. The first-order chi connectivity index (χ1) is 12.1. The molecule has 0 bridgehead atoms. The second-order valence-corrected chi connectivity index (χ2v) is 8.16. The zero-order valence-corrected chi connectivity index (χ0v) is 15.7. The van der Waals surface area contributed by atoms with E-state index in [4.69, 9.17) is 0 Å². The third-order valence-electron chi connectivity index (χ3n) is 4.09. The molecule has 0 radical (unpaired) electrons. The van der Waals surface area contributed by atoms with Crippen molar-refractivity contribution in [3.8, 4) is 0 Å². The van der Waals surface area contributed by atoms with Crippen molar-refractivity contribution in [1.29, 1.82) is 0 Å². The van der Waals surface area contributed by atoms with Crippen molar-refractivity contribution in [3.63, 3.8) is 0 Å². The Morgan fingerprint density at radius 3 is 2.80 bits per heavy atom. The summed E-state index contributed by atoms with van der Waals surface area (Å²) in [6, 6.07) is 10.4. The maximum Gasteiger partial charge on any atom is 0.267 e. The van der Waals surface area contributed by atoms with E-state index >= 15 is 0 Å². The standard InChI is InChI=1S/C18H18N4OS2/c1-11-3-5-13(6-4-11)10-22-17-14(12(2)21-22)9-15(25-17)16(23)20-18-19-7-8-24-18/h3-6,9H,7-8,10H2,1-2H3,(H,19,20,23). The fraction of sp³-hybridized carbons (Fsp3) is 0.278. The normalized spacial score (nSPS) is 14.1. The highest BCUT2D eigenvalue weighted by Gasteiger charge is 2.18. The van der Waals surface area contributed by atoms with Crippen LogP contribution in [0.25, 0.3) is 10.2 Å². The molecular formula is C18H18N4OS2. The molecule has 0 aliphatic carbocycles. The third-order valence-corrected chi connectivity index (χ3v) is 6.13. The first-order valence-corrected chi connectivity index (χ1v) is 9.91. The molecule has 1 aliphatic rings. The molecule has 3 aromatic rings. The van der Waals surface area contributed by atoms with Crippen molar-refractivity contribution in [2.75, 3.05) is 12.3 Å². The van der Waals surface area contributed by atoms with E-state index in [2.05, 4.69) is 46.6 Å². The number of amides is 1. The number of rotatable bonds is 3. The third kappa shape index (κ3) is 3.34. The number of carbonyl (C=O) groups excluding carboxylic acids is 1. The number of aliphatic imine (C=N–C) groups is 1. The van der Waals surface area contributed by atoms with Gasteiger partial charge in [-0.25, -0.2) is 0 Å². The lowest BCUT2D eigenvalue weighted by Crippen LogP contribution is -2.26. The Bertz CT molecular complexity index is 969. The molecular weight excluding hydrogens is 352 g/mol. The molecule has 1 amide bonds. The van der Waals surface area contributed by atoms with Crippen LogP contribution in [0.4, 0.5) is 0 Å². The average Bonchev–Trinajstić information content (AvgIpc) is 3.29. The minimum atomic E-state index is -0.0874. The van der Waals surface area contributed by atoms with Crippen LogP contribution >= 0.6 is 23.1 Å². The van der Waals surface area contributed by atoms with Gasteiger partial charge in [0.2, 0.25) is 0 Å². The summed E-state index contributed by atoms with van der Waals surface area (Å²) in [5.74, 6) is 0.850. The van der Waals surface area contributed by atoms with Crippen molar-refractivity contribution in [2.24, 2.45) is 4.99 Å². The van der Waals surface area contributed by atoms with Gasteiger partial charge in [-0.2, -0.15) is 5.10 Å². The van der Waals surface area contributed by atoms with Crippen LogP contribution in [0.15, 0.2) is 35.3 Å². The Kier molecular flexibility index (Phi) is 4.35. The summed E-state index contributed by atoms with van der Waals surface area (Å²) < 4.78 is 1.98. The summed E-state index contributed by atoms with van der Waals surface area (Å²) in [5.41, 5.74) is 3.39. The molecule has 128 valence electrons. The number of aryl methyl sites for hydroxylation is 2. The van der Waals surface area contributed by atoms with Crippen molar-refractivity contribution >= 4 is 44.4 Å². The first kappa shape index (κ1) is 16.4. The van der Waals surface area contributed by atoms with Gasteiger partial charge in [0.25, 0.3) is 5.91 Å². The summed E-state index contributed by atoms with van der Waals surface area (Å²) in [4.78, 5) is 18.5. The van der Waals surface area contributed by atoms with Gasteiger partial charge in [-0.3, -0.25) is 14.5 Å². The Balaban J connectivity index is 1.61. The fourth-order valence-electron chi connectivity index (χ4n) is 2.77. The molecule has 0 saturated carbocycles. The average molecular weight is 371 g/mol. The Hall–Kier alpha value is -2.12. The summed E-state index contributed by atoms with van der Waals surface area (Å²) in [6.45, 7) is 5.54. The second kappa shape index (κ2) is 6.65. The highest BCUT2D eigenvalue weighted by molar-refractivity contribution is 8.14. The van der Waals surface area contributed by atoms with E-state index in [1.54, 1.807) is 11.8 Å². The minimum absolute atomic E-state index is 0.0874. The van der Waals surface area contributed by atoms with E-state index in [0.29, 0.717) is 11.4 Å². The Morgan fingerprint density at radius 1 is 1.28 bits per heavy atom. The fourth-order valence-corrected chi connectivity index (χ4v) is 4.55. The lowest BCUT2D eigenvalue weighted by atomic mass is 10.1. The molecule has 0 atom stereocenters. The maximum atomic E-state index is 12.5. The van der Waals surface area contributed by atoms with Crippen molar-refractivity contribution < 1.29 is 4.79 Å². The summed E-state index contributed by atoms with van der Waals surface area (Å²) >= 11 is 3.07. The molecule has 0 saturated heterocycles. The van der Waals surface area contributed by atoms with Crippen LogP contribution in [-0.2, 0) is 6.54 Å². The Morgan fingerprint density at radius 2 is 2.08 bits per heavy atom. The van der Waals surface area contributed by atoms with Crippen LogP contribution in [-0.4, -0.2) is 33.2 Å². The van der Waals surface area contributed by atoms with Crippen LogP contribution < -0.4 is 5.32 Å². The summed E-state index contributed by atoms with van der Waals surface area (Å²) in [6.07, 6.45) is 0. The predicted octanol–water partition coefficient (Wildman–Crippen LogP) is 3.60. The van der Waals surface area contributed by atoms with E-state index in [1.165, 1.54) is 22.5 Å². The van der Waals surface area contributed by atoms with Gasteiger partial charge in [-0.1, -0.05) is 41.6 Å². The maximum absolute atomic E-state index is 12.5. The largest absolute Gasteiger partial charge is 0.301 e. The predicted molar refractivity (Wildman–Crippen MR) is 105 cm³/mol. The van der Waals surface area contributed by atoms with Gasteiger partial charge in [-0.05, 0) is 25.5 Å². The van der Waals surface area contributed by atoms with Crippen molar-refractivity contribution in [1.82, 2.24) is 15.1 Å². The topological polar surface area (TPSA) is 59.3 Å². The number of nitrogens with zero attached hydrogens (tertiary/aromatic N) is 3. The zero-order chi connectivity index (χ0) is 17.4. The first-order valence-electron chi connectivity index (χ1n) is 8.11. The molecule has 3 heterocycles. The number of hydrogen-bond donors (Lipinski definition) is 1. The molecule has 1 aliphatic heterocycles. The summed E-state index contributed by atoms with van der Waals surface area (Å²) in [7, 11) is 0.